The molecule has 5 nitrogen and oxygen atoms in total. The number of carbonyl (C=O) groups excluding carboxylic acids is 2. The Kier molecular flexibility index (Phi) is 6.08. The zero-order chi connectivity index (χ0) is 21.3. The summed E-state index contributed by atoms with van der Waals surface area (Å²) in [6, 6.07) is 6.59. The quantitative estimate of drug-likeness (QED) is 0.638. The first-order valence-electron chi connectivity index (χ1n) is 11.6. The zero-order valence-corrected chi connectivity index (χ0v) is 18.3. The molecule has 5 heteroatoms. The predicted molar refractivity (Wildman–Crippen MR) is 115 cm³/mol. The molecule has 5 atom stereocenters. The van der Waals surface area contributed by atoms with Crippen LogP contribution in [0.5, 0.6) is 5.75 Å². The average Bonchev–Trinajstić information content (AvgIpc) is 2.99. The molecule has 1 aromatic rings. The van der Waals surface area contributed by atoms with E-state index < -0.39 is 6.09 Å². The van der Waals surface area contributed by atoms with Crippen LogP contribution in [0.4, 0.5) is 4.79 Å². The molecule has 2 fully saturated rings. The van der Waals surface area contributed by atoms with Gasteiger partial charge in [0.1, 0.15) is 11.5 Å². The van der Waals surface area contributed by atoms with E-state index >= 15 is 0 Å². The van der Waals surface area contributed by atoms with Gasteiger partial charge in [0.2, 0.25) is 0 Å². The average molecular weight is 414 g/mol. The summed E-state index contributed by atoms with van der Waals surface area (Å²) in [7, 11) is 1.73. The second kappa shape index (κ2) is 8.60. The number of ketones is 1. The van der Waals surface area contributed by atoms with Gasteiger partial charge in [-0.2, -0.15) is 0 Å². The third kappa shape index (κ3) is 3.83. The second-order valence-corrected chi connectivity index (χ2v) is 9.76. The smallest absolute Gasteiger partial charge is 0.404 e. The molecule has 0 heterocycles. The lowest BCUT2D eigenvalue weighted by Gasteiger charge is -2.50. The maximum atomic E-state index is 13.1. The monoisotopic (exact) mass is 413 g/mol. The molecule has 0 radical (unpaired) electrons. The number of unbranched alkanes of at least 4 members (excludes halogenated alkanes) is 2. The molecule has 0 bridgehead atoms. The molecule has 1 amide bonds. The first-order valence-corrected chi connectivity index (χ1v) is 11.6. The van der Waals surface area contributed by atoms with E-state index in [1.54, 1.807) is 7.11 Å². The predicted octanol–water partition coefficient (Wildman–Crippen LogP) is 5.00. The molecule has 0 saturated heterocycles. The Morgan fingerprint density at radius 2 is 2.07 bits per heavy atom. The minimum absolute atomic E-state index is 0.134. The summed E-state index contributed by atoms with van der Waals surface area (Å²) in [6.45, 7) is 2.64. The maximum absolute atomic E-state index is 13.1. The first kappa shape index (κ1) is 21.2. The van der Waals surface area contributed by atoms with Crippen LogP contribution in [0.3, 0.4) is 0 Å². The number of aryl methyl sites for hydroxylation is 1. The molecule has 4 rings (SSSR count). The molecule has 2 N–H and O–H groups in total. The molecule has 0 spiro atoms. The number of methoxy groups -OCH3 is 1. The van der Waals surface area contributed by atoms with Crippen molar-refractivity contribution in [3.05, 3.63) is 29.3 Å². The van der Waals surface area contributed by atoms with Crippen LogP contribution < -0.4 is 10.5 Å². The number of fused-ring (bicyclic) bond motifs is 5. The largest absolute Gasteiger partial charge is 0.497 e. The van der Waals surface area contributed by atoms with Gasteiger partial charge < -0.3 is 15.2 Å². The van der Waals surface area contributed by atoms with Gasteiger partial charge in [-0.25, -0.2) is 4.79 Å². The third-order valence-electron chi connectivity index (χ3n) is 8.24. The number of benzene rings is 1. The maximum Gasteiger partial charge on any atom is 0.404 e. The fourth-order valence-electron chi connectivity index (χ4n) is 6.87. The summed E-state index contributed by atoms with van der Waals surface area (Å²) in [5.41, 5.74) is 7.82. The fourth-order valence-corrected chi connectivity index (χ4v) is 6.87. The van der Waals surface area contributed by atoms with Crippen LogP contribution in [0.15, 0.2) is 18.2 Å². The van der Waals surface area contributed by atoms with Crippen LogP contribution in [0.1, 0.15) is 75.3 Å². The highest BCUT2D eigenvalue weighted by atomic mass is 16.5. The number of hydrogen-bond acceptors (Lipinski definition) is 4. The summed E-state index contributed by atoms with van der Waals surface area (Å²) in [6.07, 6.45) is 8.50. The molecular weight excluding hydrogens is 378 g/mol. The van der Waals surface area contributed by atoms with Gasteiger partial charge in [-0.3, -0.25) is 4.79 Å². The molecule has 164 valence electrons. The van der Waals surface area contributed by atoms with E-state index in [9.17, 15) is 9.59 Å². The van der Waals surface area contributed by atoms with E-state index in [4.69, 9.17) is 15.2 Å². The lowest BCUT2D eigenvalue weighted by atomic mass is 9.54. The van der Waals surface area contributed by atoms with Gasteiger partial charge in [0, 0.05) is 11.8 Å². The molecule has 0 aromatic heterocycles. The molecule has 0 aliphatic heterocycles. The number of nitrogens with two attached hydrogens (primary N) is 1. The fraction of sp³-hybridized carbons (Fsp3) is 0.680. The summed E-state index contributed by atoms with van der Waals surface area (Å²) in [5.74, 6) is 3.62. The lowest BCUT2D eigenvalue weighted by molar-refractivity contribution is -0.129. The zero-order valence-electron chi connectivity index (χ0n) is 18.3. The standard InChI is InChI=1S/C25H35NO4/c1-25-12-11-20-19-10-8-18(29-2)14-16(19)7-9-21(20)23(25)17(15-22(25)27)6-4-3-5-13-30-24(26)28/h8,10,14,17,20-21,23H,3-7,9,11-13,15H2,1-2H3,(H2,26,28)/t17?,20-,21-,23+,25-/m1/s1. The van der Waals surface area contributed by atoms with Gasteiger partial charge in [-0.1, -0.05) is 25.8 Å². The molecule has 1 aromatic carbocycles. The van der Waals surface area contributed by atoms with Crippen molar-refractivity contribution in [1.29, 1.82) is 0 Å². The Morgan fingerprint density at radius 3 is 2.83 bits per heavy atom. The summed E-state index contributed by atoms with van der Waals surface area (Å²) >= 11 is 0. The third-order valence-corrected chi connectivity index (χ3v) is 8.24. The Bertz CT molecular complexity index is 806. The van der Waals surface area contributed by atoms with Gasteiger partial charge in [0.05, 0.1) is 13.7 Å². The normalized spacial score (nSPS) is 32.1. The van der Waals surface area contributed by atoms with Crippen molar-refractivity contribution in [2.75, 3.05) is 13.7 Å². The molecule has 3 aliphatic carbocycles. The number of rotatable bonds is 7. The Morgan fingerprint density at radius 1 is 1.23 bits per heavy atom. The summed E-state index contributed by atoms with van der Waals surface area (Å²) in [4.78, 5) is 23.7. The number of primary amides is 1. The van der Waals surface area contributed by atoms with Gasteiger partial charge in [-0.15, -0.1) is 0 Å². The van der Waals surface area contributed by atoms with Crippen molar-refractivity contribution in [1.82, 2.24) is 0 Å². The highest BCUT2D eigenvalue weighted by Crippen LogP contribution is 2.62. The Labute approximate surface area is 179 Å². The number of Topliss-reactive ketones (excluding diaryl/α,β-unsaturated/α-hetero) is 1. The van der Waals surface area contributed by atoms with Crippen molar-refractivity contribution >= 4 is 11.9 Å². The van der Waals surface area contributed by atoms with E-state index in [1.807, 2.05) is 0 Å². The summed E-state index contributed by atoms with van der Waals surface area (Å²) in [5, 5.41) is 0. The van der Waals surface area contributed by atoms with Crippen molar-refractivity contribution in [2.24, 2.45) is 28.9 Å². The molecule has 3 aliphatic rings. The van der Waals surface area contributed by atoms with Crippen molar-refractivity contribution in [3.63, 3.8) is 0 Å². The summed E-state index contributed by atoms with van der Waals surface area (Å²) < 4.78 is 10.3. The van der Waals surface area contributed by atoms with Crippen LogP contribution in [-0.4, -0.2) is 25.6 Å². The Hall–Kier alpha value is -2.04. The van der Waals surface area contributed by atoms with Crippen molar-refractivity contribution < 1.29 is 19.1 Å². The molecule has 2 saturated carbocycles. The molecule has 30 heavy (non-hydrogen) atoms. The molecular formula is C25H35NO4. The second-order valence-electron chi connectivity index (χ2n) is 9.76. The number of hydrogen-bond donors (Lipinski definition) is 1. The van der Waals surface area contributed by atoms with E-state index in [0.717, 1.165) is 57.1 Å². The van der Waals surface area contributed by atoms with Crippen molar-refractivity contribution in [3.8, 4) is 5.75 Å². The topological polar surface area (TPSA) is 78.6 Å². The lowest BCUT2D eigenvalue weighted by Crippen LogP contribution is -2.44. The minimum Gasteiger partial charge on any atom is -0.497 e. The number of amides is 1. The van der Waals surface area contributed by atoms with Gasteiger partial charge >= 0.3 is 6.09 Å². The highest BCUT2D eigenvalue weighted by Gasteiger charge is 2.58. The van der Waals surface area contributed by atoms with E-state index in [0.29, 0.717) is 36.1 Å². The molecule has 1 unspecified atom stereocenters. The van der Waals surface area contributed by atoms with Crippen LogP contribution in [-0.2, 0) is 16.0 Å². The van der Waals surface area contributed by atoms with Crippen molar-refractivity contribution in [2.45, 2.75) is 70.6 Å². The van der Waals surface area contributed by atoms with E-state index in [2.05, 4.69) is 25.1 Å². The minimum atomic E-state index is -0.699. The van der Waals surface area contributed by atoms with Crippen LogP contribution >= 0.6 is 0 Å². The first-order chi connectivity index (χ1) is 14.4. The van der Waals surface area contributed by atoms with Crippen LogP contribution in [0, 0.1) is 23.2 Å². The number of ether oxygens (including phenoxy) is 2. The van der Waals surface area contributed by atoms with Gasteiger partial charge in [0.15, 0.2) is 0 Å². The van der Waals surface area contributed by atoms with Crippen LogP contribution in [0.2, 0.25) is 0 Å². The highest BCUT2D eigenvalue weighted by molar-refractivity contribution is 5.87. The SMILES string of the molecule is COc1ccc2c(c1)CC[C@@H]1[C@@H]2CC[C@]2(C)C(=O)CC(CCCCCOC(N)=O)[C@@H]12. The van der Waals surface area contributed by atoms with Gasteiger partial charge in [-0.05, 0) is 85.5 Å². The Balaban J connectivity index is 1.45. The number of carbonyl (C=O) groups is 2. The van der Waals surface area contributed by atoms with Gasteiger partial charge in [0.25, 0.3) is 0 Å². The van der Waals surface area contributed by atoms with E-state index in [-0.39, 0.29) is 5.41 Å². The van der Waals surface area contributed by atoms with Crippen LogP contribution in [0.25, 0.3) is 0 Å². The van der Waals surface area contributed by atoms with E-state index in [1.165, 1.54) is 17.5 Å².